The van der Waals surface area contributed by atoms with Crippen LogP contribution in [-0.2, 0) is 4.79 Å². The molecule has 84 valence electrons. The van der Waals surface area contributed by atoms with Gasteiger partial charge in [0.15, 0.2) is 0 Å². The van der Waals surface area contributed by atoms with E-state index in [1.807, 2.05) is 11.8 Å². The fourth-order valence-corrected chi connectivity index (χ4v) is 2.51. The lowest BCUT2D eigenvalue weighted by atomic mass is 9.97. The molecule has 0 heterocycles. The number of thioether (sulfide) groups is 1. The second kappa shape index (κ2) is 6.30. The van der Waals surface area contributed by atoms with E-state index < -0.39 is 11.4 Å². The maximum atomic E-state index is 11.0. The van der Waals surface area contributed by atoms with Crippen molar-refractivity contribution in [1.82, 2.24) is 0 Å². The van der Waals surface area contributed by atoms with E-state index in [2.05, 4.69) is 13.8 Å². The zero-order valence-electron chi connectivity index (χ0n) is 9.38. The molecule has 0 fully saturated rings. The monoisotopic (exact) mass is 218 g/mol. The second-order valence-electron chi connectivity index (χ2n) is 4.02. The van der Waals surface area contributed by atoms with Crippen LogP contribution in [0.25, 0.3) is 0 Å². The molecule has 3 nitrogen and oxygen atoms in total. The highest BCUT2D eigenvalue weighted by atomic mass is 32.2. The first-order valence-corrected chi connectivity index (χ1v) is 6.15. The number of rotatable bonds is 7. The SMILES string of the molecule is CCCCSC(C)CC(C)(N)C(N)=O. The molecule has 0 radical (unpaired) electrons. The summed E-state index contributed by atoms with van der Waals surface area (Å²) in [5.41, 5.74) is 10.1. The highest BCUT2D eigenvalue weighted by Gasteiger charge is 2.27. The Balaban J connectivity index is 3.81. The van der Waals surface area contributed by atoms with Crippen LogP contribution in [0.1, 0.15) is 40.0 Å². The molecule has 0 aliphatic heterocycles. The first kappa shape index (κ1) is 13.8. The summed E-state index contributed by atoms with van der Waals surface area (Å²) in [7, 11) is 0. The Morgan fingerprint density at radius 3 is 2.57 bits per heavy atom. The average Bonchev–Trinajstić information content (AvgIpc) is 2.03. The van der Waals surface area contributed by atoms with Crippen LogP contribution in [0, 0.1) is 0 Å². The largest absolute Gasteiger partial charge is 0.368 e. The maximum Gasteiger partial charge on any atom is 0.237 e. The molecule has 2 atom stereocenters. The zero-order chi connectivity index (χ0) is 11.2. The third-order valence-electron chi connectivity index (χ3n) is 2.17. The Kier molecular flexibility index (Phi) is 6.20. The van der Waals surface area contributed by atoms with Crippen LogP contribution in [0.5, 0.6) is 0 Å². The molecular weight excluding hydrogens is 196 g/mol. The fourth-order valence-electron chi connectivity index (χ4n) is 1.19. The Labute approximate surface area is 91.0 Å². The van der Waals surface area contributed by atoms with Crippen LogP contribution in [0.4, 0.5) is 0 Å². The summed E-state index contributed by atoms with van der Waals surface area (Å²) < 4.78 is 0. The second-order valence-corrected chi connectivity index (χ2v) is 5.57. The molecule has 1 amide bonds. The highest BCUT2D eigenvalue weighted by Crippen LogP contribution is 2.21. The predicted molar refractivity (Wildman–Crippen MR) is 63.2 cm³/mol. The van der Waals surface area contributed by atoms with Gasteiger partial charge >= 0.3 is 0 Å². The van der Waals surface area contributed by atoms with E-state index in [9.17, 15) is 4.79 Å². The molecule has 2 unspecified atom stereocenters. The van der Waals surface area contributed by atoms with Gasteiger partial charge in [0.25, 0.3) is 0 Å². The predicted octanol–water partition coefficient (Wildman–Crippen LogP) is 1.50. The molecule has 0 aromatic rings. The van der Waals surface area contributed by atoms with Crippen LogP contribution in [0.15, 0.2) is 0 Å². The molecule has 0 bridgehead atoms. The topological polar surface area (TPSA) is 69.1 Å². The van der Waals surface area contributed by atoms with Crippen LogP contribution >= 0.6 is 11.8 Å². The van der Waals surface area contributed by atoms with Gasteiger partial charge in [-0.25, -0.2) is 0 Å². The normalized spacial score (nSPS) is 17.4. The standard InChI is InChI=1S/C10H22N2OS/c1-4-5-6-14-8(2)7-10(3,12)9(11)13/h8H,4-7,12H2,1-3H3,(H2,11,13). The number of primary amides is 1. The number of carbonyl (C=O) groups is 1. The van der Waals surface area contributed by atoms with Gasteiger partial charge in [-0.3, -0.25) is 4.79 Å². The third-order valence-corrected chi connectivity index (χ3v) is 3.43. The Morgan fingerprint density at radius 1 is 1.57 bits per heavy atom. The summed E-state index contributed by atoms with van der Waals surface area (Å²) in [5.74, 6) is 0.715. The van der Waals surface area contributed by atoms with Gasteiger partial charge in [0, 0.05) is 5.25 Å². The quantitative estimate of drug-likeness (QED) is 0.636. The summed E-state index contributed by atoms with van der Waals surface area (Å²) >= 11 is 1.86. The van der Waals surface area contributed by atoms with E-state index >= 15 is 0 Å². The zero-order valence-corrected chi connectivity index (χ0v) is 10.2. The van der Waals surface area contributed by atoms with Crippen LogP contribution in [0.2, 0.25) is 0 Å². The van der Waals surface area contributed by atoms with E-state index in [0.29, 0.717) is 11.7 Å². The van der Waals surface area contributed by atoms with Crippen molar-refractivity contribution >= 4 is 17.7 Å². The number of hydrogen-bond acceptors (Lipinski definition) is 3. The lowest BCUT2D eigenvalue weighted by molar-refractivity contribution is -0.122. The Morgan fingerprint density at radius 2 is 2.14 bits per heavy atom. The van der Waals surface area contributed by atoms with Crippen molar-refractivity contribution in [2.24, 2.45) is 11.5 Å². The minimum atomic E-state index is -0.862. The number of amides is 1. The van der Waals surface area contributed by atoms with Crippen LogP contribution < -0.4 is 11.5 Å². The van der Waals surface area contributed by atoms with E-state index in [1.165, 1.54) is 12.8 Å². The molecule has 0 saturated heterocycles. The average molecular weight is 218 g/mol. The molecule has 0 aliphatic rings. The molecule has 0 saturated carbocycles. The Hall–Kier alpha value is -0.220. The minimum Gasteiger partial charge on any atom is -0.368 e. The highest BCUT2D eigenvalue weighted by molar-refractivity contribution is 7.99. The van der Waals surface area contributed by atoms with E-state index in [4.69, 9.17) is 11.5 Å². The van der Waals surface area contributed by atoms with Crippen LogP contribution in [-0.4, -0.2) is 22.4 Å². The molecule has 4 N–H and O–H groups in total. The van der Waals surface area contributed by atoms with Gasteiger partial charge in [0.2, 0.25) is 5.91 Å². The molecule has 14 heavy (non-hydrogen) atoms. The molecular formula is C10H22N2OS. The molecule has 0 rings (SSSR count). The summed E-state index contributed by atoms with van der Waals surface area (Å²) in [6.45, 7) is 5.96. The summed E-state index contributed by atoms with van der Waals surface area (Å²) in [5, 5.41) is 0.393. The lowest BCUT2D eigenvalue weighted by Gasteiger charge is -2.24. The van der Waals surface area contributed by atoms with Crippen molar-refractivity contribution in [2.75, 3.05) is 5.75 Å². The molecule has 0 aromatic heterocycles. The van der Waals surface area contributed by atoms with Gasteiger partial charge in [0.1, 0.15) is 0 Å². The van der Waals surface area contributed by atoms with Gasteiger partial charge in [-0.2, -0.15) is 11.8 Å². The third kappa shape index (κ3) is 5.50. The molecule has 0 spiro atoms. The van der Waals surface area contributed by atoms with Gasteiger partial charge < -0.3 is 11.5 Å². The number of hydrogen-bond donors (Lipinski definition) is 2. The van der Waals surface area contributed by atoms with Crippen molar-refractivity contribution in [3.63, 3.8) is 0 Å². The van der Waals surface area contributed by atoms with Crippen molar-refractivity contribution in [3.05, 3.63) is 0 Å². The lowest BCUT2D eigenvalue weighted by Crippen LogP contribution is -2.50. The van der Waals surface area contributed by atoms with Crippen molar-refractivity contribution in [3.8, 4) is 0 Å². The number of unbranched alkanes of at least 4 members (excludes halogenated alkanes) is 1. The maximum absolute atomic E-state index is 11.0. The van der Waals surface area contributed by atoms with Crippen molar-refractivity contribution in [2.45, 2.75) is 50.8 Å². The summed E-state index contributed by atoms with van der Waals surface area (Å²) in [6.07, 6.45) is 3.07. The van der Waals surface area contributed by atoms with E-state index in [-0.39, 0.29) is 0 Å². The van der Waals surface area contributed by atoms with Crippen molar-refractivity contribution < 1.29 is 4.79 Å². The Bertz CT molecular complexity index is 183. The van der Waals surface area contributed by atoms with E-state index in [1.54, 1.807) is 6.92 Å². The first-order chi connectivity index (χ1) is 6.40. The summed E-state index contributed by atoms with van der Waals surface area (Å²) in [4.78, 5) is 11.0. The van der Waals surface area contributed by atoms with Crippen LogP contribution in [0.3, 0.4) is 0 Å². The van der Waals surface area contributed by atoms with Gasteiger partial charge in [-0.15, -0.1) is 0 Å². The molecule has 4 heteroatoms. The number of carbonyl (C=O) groups excluding carboxylic acids is 1. The summed E-state index contributed by atoms with van der Waals surface area (Å²) in [6, 6.07) is 0. The van der Waals surface area contributed by atoms with E-state index in [0.717, 1.165) is 5.75 Å². The van der Waals surface area contributed by atoms with Crippen molar-refractivity contribution in [1.29, 1.82) is 0 Å². The number of nitrogens with two attached hydrogens (primary N) is 2. The van der Waals surface area contributed by atoms with Gasteiger partial charge in [0.05, 0.1) is 5.54 Å². The fraction of sp³-hybridized carbons (Fsp3) is 0.900. The van der Waals surface area contributed by atoms with Gasteiger partial charge in [-0.1, -0.05) is 20.3 Å². The molecule has 0 aliphatic carbocycles. The minimum absolute atomic E-state index is 0.393. The van der Waals surface area contributed by atoms with Gasteiger partial charge in [-0.05, 0) is 25.5 Å². The smallest absolute Gasteiger partial charge is 0.237 e. The first-order valence-electron chi connectivity index (χ1n) is 5.10. The molecule has 0 aromatic carbocycles.